The maximum atomic E-state index is 5.74. The number of aromatic nitrogens is 2. The fraction of sp³-hybridized carbons (Fsp3) is 0.520. The number of oxazole rings is 1. The van der Waals surface area contributed by atoms with Gasteiger partial charge in [-0.05, 0) is 70.7 Å². The predicted octanol–water partition coefficient (Wildman–Crippen LogP) is 4.32. The average Bonchev–Trinajstić information content (AvgIpc) is 3.28. The van der Waals surface area contributed by atoms with E-state index in [9.17, 15) is 0 Å². The van der Waals surface area contributed by atoms with E-state index < -0.39 is 0 Å². The van der Waals surface area contributed by atoms with E-state index in [0.717, 1.165) is 62.4 Å². The van der Waals surface area contributed by atoms with Crippen LogP contribution in [0.15, 0.2) is 33.7 Å². The molecule has 1 aromatic carbocycles. The molecule has 1 aliphatic heterocycles. The summed E-state index contributed by atoms with van der Waals surface area (Å²) < 4.78 is 5.74. The van der Waals surface area contributed by atoms with Gasteiger partial charge in [0.05, 0.1) is 12.2 Å². The molecule has 1 fully saturated rings. The van der Waals surface area contributed by atoms with E-state index in [4.69, 9.17) is 4.42 Å². The van der Waals surface area contributed by atoms with Crippen molar-refractivity contribution >= 4 is 40.8 Å². The lowest BCUT2D eigenvalue weighted by Crippen LogP contribution is -2.43. The van der Waals surface area contributed by atoms with Gasteiger partial charge in [-0.15, -0.1) is 24.0 Å². The Hall–Kier alpha value is -2.07. The van der Waals surface area contributed by atoms with Gasteiger partial charge in [-0.25, -0.2) is 4.98 Å². The number of hydrogen-bond donors (Lipinski definition) is 3. The van der Waals surface area contributed by atoms with Crippen LogP contribution >= 0.6 is 24.0 Å². The van der Waals surface area contributed by atoms with Crippen molar-refractivity contribution in [2.24, 2.45) is 10.9 Å². The largest absolute Gasteiger partial charge is 0.444 e. The van der Waals surface area contributed by atoms with Crippen LogP contribution in [0.1, 0.15) is 41.4 Å². The smallest absolute Gasteiger partial charge is 0.208 e. The number of guanidine groups is 1. The number of aromatic amines is 1. The Morgan fingerprint density at radius 1 is 1.18 bits per heavy atom. The van der Waals surface area contributed by atoms with Crippen molar-refractivity contribution < 1.29 is 4.42 Å². The normalized spacial score (nSPS) is 15.6. The van der Waals surface area contributed by atoms with E-state index in [1.54, 1.807) is 0 Å². The zero-order valence-electron chi connectivity index (χ0n) is 20.2. The van der Waals surface area contributed by atoms with E-state index in [1.807, 2.05) is 20.9 Å². The number of likely N-dealkylation sites (tertiary alicyclic amines) is 1. The number of fused-ring (bicyclic) bond motifs is 1. The third-order valence-corrected chi connectivity index (χ3v) is 6.62. The second-order valence-corrected chi connectivity index (χ2v) is 8.87. The molecule has 1 saturated heterocycles. The fourth-order valence-corrected chi connectivity index (χ4v) is 4.57. The van der Waals surface area contributed by atoms with Crippen LogP contribution in [0.5, 0.6) is 0 Å². The number of benzene rings is 1. The highest BCUT2D eigenvalue weighted by Gasteiger charge is 2.21. The van der Waals surface area contributed by atoms with Gasteiger partial charge >= 0.3 is 0 Å². The zero-order chi connectivity index (χ0) is 22.5. The molecular weight excluding hydrogens is 527 g/mol. The molecule has 0 radical (unpaired) electrons. The zero-order valence-corrected chi connectivity index (χ0v) is 22.5. The Bertz CT molecular complexity index is 1040. The van der Waals surface area contributed by atoms with Gasteiger partial charge in [-0.2, -0.15) is 0 Å². The highest BCUT2D eigenvalue weighted by Crippen LogP contribution is 2.22. The first-order valence-electron chi connectivity index (χ1n) is 11.7. The lowest BCUT2D eigenvalue weighted by molar-refractivity contribution is 0.164. The first-order valence-corrected chi connectivity index (χ1v) is 11.7. The number of piperidine rings is 1. The second-order valence-electron chi connectivity index (χ2n) is 8.87. The molecule has 0 aliphatic carbocycles. The Kier molecular flexibility index (Phi) is 9.19. The molecule has 2 aromatic heterocycles. The third kappa shape index (κ3) is 6.50. The molecule has 8 heteroatoms. The highest BCUT2D eigenvalue weighted by molar-refractivity contribution is 14.0. The van der Waals surface area contributed by atoms with Crippen LogP contribution in [0.4, 0.5) is 0 Å². The van der Waals surface area contributed by atoms with Gasteiger partial charge in [0.2, 0.25) is 5.89 Å². The summed E-state index contributed by atoms with van der Waals surface area (Å²) >= 11 is 0. The molecule has 0 unspecified atom stereocenters. The lowest BCUT2D eigenvalue weighted by atomic mass is 9.97. The molecule has 0 bridgehead atoms. The number of aryl methyl sites for hydroxylation is 3. The van der Waals surface area contributed by atoms with Crippen LogP contribution in [0.25, 0.3) is 10.9 Å². The van der Waals surface area contributed by atoms with Gasteiger partial charge in [0.15, 0.2) is 5.96 Å². The number of H-pyrrole nitrogens is 1. The molecule has 0 amide bonds. The monoisotopic (exact) mass is 564 g/mol. The van der Waals surface area contributed by atoms with Crippen molar-refractivity contribution in [2.45, 2.75) is 46.6 Å². The number of hydrogen-bond acceptors (Lipinski definition) is 4. The first-order chi connectivity index (χ1) is 15.5. The van der Waals surface area contributed by atoms with E-state index in [0.29, 0.717) is 5.92 Å². The summed E-state index contributed by atoms with van der Waals surface area (Å²) in [6, 6.07) is 8.51. The quantitative estimate of drug-likeness (QED) is 0.226. The minimum Gasteiger partial charge on any atom is -0.444 e. The molecular formula is C25H37IN6O. The van der Waals surface area contributed by atoms with E-state index in [-0.39, 0.29) is 24.0 Å². The number of halogens is 1. The summed E-state index contributed by atoms with van der Waals surface area (Å²) in [5.41, 5.74) is 4.84. The molecule has 3 heterocycles. The minimum absolute atomic E-state index is 0. The summed E-state index contributed by atoms with van der Waals surface area (Å²) in [4.78, 5) is 14.9. The molecule has 0 spiro atoms. The summed E-state index contributed by atoms with van der Waals surface area (Å²) in [7, 11) is 1.84. The minimum atomic E-state index is 0. The van der Waals surface area contributed by atoms with Gasteiger partial charge in [-0.1, -0.05) is 18.2 Å². The number of rotatable bonds is 7. The van der Waals surface area contributed by atoms with Crippen molar-refractivity contribution in [1.82, 2.24) is 25.5 Å². The Morgan fingerprint density at radius 2 is 1.94 bits per heavy atom. The fourth-order valence-electron chi connectivity index (χ4n) is 4.57. The lowest BCUT2D eigenvalue weighted by Gasteiger charge is -2.31. The van der Waals surface area contributed by atoms with E-state index >= 15 is 0 Å². The van der Waals surface area contributed by atoms with Crippen LogP contribution in [0, 0.1) is 26.7 Å². The van der Waals surface area contributed by atoms with Gasteiger partial charge in [0.1, 0.15) is 5.76 Å². The number of nitrogens with zero attached hydrogens (tertiary/aromatic N) is 3. The summed E-state index contributed by atoms with van der Waals surface area (Å²) in [6.45, 7) is 10.9. The standard InChI is InChI=1S/C25H36N6O.HI/c1-17-19(3)32-24(30-17)16-31-13-10-20(11-14-31)15-28-25(26-4)27-12-9-21-18(2)29-23-8-6-5-7-22(21)23;/h5-8,20,29H,9-16H2,1-4H3,(H2,26,27,28);1H. The van der Waals surface area contributed by atoms with Crippen LogP contribution in [-0.2, 0) is 13.0 Å². The van der Waals surface area contributed by atoms with Crippen molar-refractivity contribution in [3.63, 3.8) is 0 Å². The number of aliphatic imine (C=N–C) groups is 1. The van der Waals surface area contributed by atoms with Crippen molar-refractivity contribution in [3.8, 4) is 0 Å². The molecule has 0 atom stereocenters. The molecule has 180 valence electrons. The summed E-state index contributed by atoms with van der Waals surface area (Å²) in [5, 5.41) is 8.33. The maximum Gasteiger partial charge on any atom is 0.208 e. The first kappa shape index (κ1) is 25.6. The molecule has 3 N–H and O–H groups in total. The number of para-hydroxylation sites is 1. The molecule has 1 aliphatic rings. The Labute approximate surface area is 213 Å². The van der Waals surface area contributed by atoms with Gasteiger partial charge < -0.3 is 20.0 Å². The van der Waals surface area contributed by atoms with Crippen LogP contribution in [0.3, 0.4) is 0 Å². The van der Waals surface area contributed by atoms with Crippen molar-refractivity contribution in [1.29, 1.82) is 0 Å². The summed E-state index contributed by atoms with van der Waals surface area (Å²) in [5.74, 6) is 3.31. The van der Waals surface area contributed by atoms with Gasteiger partial charge in [0.25, 0.3) is 0 Å². The third-order valence-electron chi connectivity index (χ3n) is 6.62. The second kappa shape index (κ2) is 11.9. The Balaban J connectivity index is 0.00000306. The molecule has 0 saturated carbocycles. The van der Waals surface area contributed by atoms with E-state index in [1.165, 1.54) is 35.0 Å². The summed E-state index contributed by atoms with van der Waals surface area (Å²) in [6.07, 6.45) is 3.32. The van der Waals surface area contributed by atoms with Crippen LogP contribution in [0.2, 0.25) is 0 Å². The molecule has 7 nitrogen and oxygen atoms in total. The van der Waals surface area contributed by atoms with Crippen molar-refractivity contribution in [3.05, 3.63) is 52.9 Å². The molecule has 33 heavy (non-hydrogen) atoms. The van der Waals surface area contributed by atoms with E-state index in [2.05, 4.69) is 61.7 Å². The van der Waals surface area contributed by atoms with Gasteiger partial charge in [-0.3, -0.25) is 9.89 Å². The Morgan fingerprint density at radius 3 is 2.64 bits per heavy atom. The molecule has 4 rings (SSSR count). The highest BCUT2D eigenvalue weighted by atomic mass is 127. The SMILES string of the molecule is CN=C(NCCc1c(C)[nH]c2ccccc12)NCC1CCN(Cc2nc(C)c(C)o2)CC1.I. The average molecular weight is 565 g/mol. The van der Waals surface area contributed by atoms with Crippen molar-refractivity contribution in [2.75, 3.05) is 33.2 Å². The van der Waals surface area contributed by atoms with Crippen LogP contribution in [-0.4, -0.2) is 54.1 Å². The topological polar surface area (TPSA) is 81.5 Å². The predicted molar refractivity (Wildman–Crippen MR) is 145 cm³/mol. The molecule has 3 aromatic rings. The van der Waals surface area contributed by atoms with Crippen LogP contribution < -0.4 is 10.6 Å². The number of nitrogens with one attached hydrogen (secondary N) is 3. The maximum absolute atomic E-state index is 5.74. The van der Waals surface area contributed by atoms with Gasteiger partial charge in [0, 0.05) is 36.7 Å².